The van der Waals surface area contributed by atoms with Crippen molar-refractivity contribution in [1.82, 2.24) is 24.3 Å². The standard InChI is InChI=1S/C20H23N7O3/c1-11-8-28-9-16(11)27-14(5-21)4-13-6-22-20(24-18(13)27)23-15-7-26(3)25-19(15)30-17-10-29-12(17)2/h4,6-7,11-12,16-17H,8-10H2,1-3H3,(H,22,23,24)/t11-,12+,16-,17?/m0/s1. The maximum Gasteiger partial charge on any atom is 0.257 e. The van der Waals surface area contributed by atoms with Gasteiger partial charge in [-0.15, -0.1) is 5.10 Å². The lowest BCUT2D eigenvalue weighted by Crippen LogP contribution is -2.46. The molecule has 3 aromatic heterocycles. The molecule has 3 aromatic rings. The van der Waals surface area contributed by atoms with Gasteiger partial charge < -0.3 is 24.1 Å². The van der Waals surface area contributed by atoms with Gasteiger partial charge in [0.2, 0.25) is 5.95 Å². The van der Waals surface area contributed by atoms with E-state index in [2.05, 4.69) is 28.4 Å². The van der Waals surface area contributed by atoms with Crippen molar-refractivity contribution in [3.63, 3.8) is 0 Å². The van der Waals surface area contributed by atoms with E-state index in [0.717, 1.165) is 5.39 Å². The third-order valence-electron chi connectivity index (χ3n) is 5.70. The molecule has 10 nitrogen and oxygen atoms in total. The Labute approximate surface area is 173 Å². The van der Waals surface area contributed by atoms with Gasteiger partial charge in [0.25, 0.3) is 5.88 Å². The van der Waals surface area contributed by atoms with Gasteiger partial charge in [0.1, 0.15) is 29.2 Å². The van der Waals surface area contributed by atoms with Crippen LogP contribution < -0.4 is 10.1 Å². The van der Waals surface area contributed by atoms with Gasteiger partial charge in [0, 0.05) is 24.5 Å². The number of hydrogen-bond acceptors (Lipinski definition) is 8. The minimum Gasteiger partial charge on any atom is -0.467 e. The first kappa shape index (κ1) is 18.8. The van der Waals surface area contributed by atoms with Crippen molar-refractivity contribution in [2.75, 3.05) is 25.1 Å². The lowest BCUT2D eigenvalue weighted by Gasteiger charge is -2.33. The van der Waals surface area contributed by atoms with Crippen molar-refractivity contribution in [1.29, 1.82) is 5.26 Å². The predicted octanol–water partition coefficient (Wildman–Crippen LogP) is 2.15. The number of aryl methyl sites for hydroxylation is 1. The van der Waals surface area contributed by atoms with E-state index in [1.807, 2.05) is 30.8 Å². The molecule has 0 spiro atoms. The summed E-state index contributed by atoms with van der Waals surface area (Å²) < 4.78 is 20.6. The molecule has 0 amide bonds. The van der Waals surface area contributed by atoms with E-state index in [0.29, 0.717) is 54.6 Å². The van der Waals surface area contributed by atoms with Gasteiger partial charge >= 0.3 is 0 Å². The molecule has 1 N–H and O–H groups in total. The highest BCUT2D eigenvalue weighted by Gasteiger charge is 2.32. The number of anilines is 2. The first-order chi connectivity index (χ1) is 14.5. The topological polar surface area (TPSA) is 112 Å². The van der Waals surface area contributed by atoms with Crippen LogP contribution in [0.3, 0.4) is 0 Å². The number of ether oxygens (including phenoxy) is 3. The summed E-state index contributed by atoms with van der Waals surface area (Å²) in [7, 11) is 1.83. The van der Waals surface area contributed by atoms with E-state index >= 15 is 0 Å². The van der Waals surface area contributed by atoms with E-state index in [-0.39, 0.29) is 18.2 Å². The van der Waals surface area contributed by atoms with E-state index in [1.165, 1.54) is 0 Å². The highest BCUT2D eigenvalue weighted by Crippen LogP contribution is 2.33. The quantitative estimate of drug-likeness (QED) is 0.682. The Morgan fingerprint density at radius 3 is 2.83 bits per heavy atom. The third kappa shape index (κ3) is 3.16. The first-order valence-electron chi connectivity index (χ1n) is 9.98. The Balaban J connectivity index is 1.48. The number of nitrogens with zero attached hydrogens (tertiary/aromatic N) is 6. The van der Waals surface area contributed by atoms with Crippen molar-refractivity contribution >= 4 is 22.7 Å². The average Bonchev–Trinajstić information content (AvgIpc) is 3.40. The van der Waals surface area contributed by atoms with E-state index in [9.17, 15) is 5.26 Å². The van der Waals surface area contributed by atoms with Crippen LogP contribution in [0.2, 0.25) is 0 Å². The van der Waals surface area contributed by atoms with Crippen molar-refractivity contribution < 1.29 is 14.2 Å². The zero-order valence-electron chi connectivity index (χ0n) is 17.1. The average molecular weight is 409 g/mol. The number of nitriles is 1. The number of fused-ring (bicyclic) bond motifs is 1. The predicted molar refractivity (Wildman–Crippen MR) is 108 cm³/mol. The number of rotatable bonds is 5. The number of nitrogens with one attached hydrogen (secondary N) is 1. The van der Waals surface area contributed by atoms with Crippen LogP contribution in [0.25, 0.3) is 11.0 Å². The number of aromatic nitrogens is 5. The summed E-state index contributed by atoms with van der Waals surface area (Å²) in [6.45, 7) is 5.87. The summed E-state index contributed by atoms with van der Waals surface area (Å²) in [6, 6.07) is 4.16. The van der Waals surface area contributed by atoms with Gasteiger partial charge in [0.05, 0.1) is 38.2 Å². The molecule has 0 radical (unpaired) electrons. The Morgan fingerprint density at radius 2 is 2.17 bits per heavy atom. The van der Waals surface area contributed by atoms with E-state index in [1.54, 1.807) is 10.9 Å². The molecular formula is C20H23N7O3. The zero-order chi connectivity index (χ0) is 20.8. The van der Waals surface area contributed by atoms with Gasteiger partial charge in [-0.2, -0.15) is 10.2 Å². The van der Waals surface area contributed by atoms with Crippen molar-refractivity contribution in [2.45, 2.75) is 32.1 Å². The molecule has 1 unspecified atom stereocenters. The largest absolute Gasteiger partial charge is 0.467 e. The maximum absolute atomic E-state index is 9.63. The molecule has 2 saturated heterocycles. The van der Waals surface area contributed by atoms with Crippen molar-refractivity contribution in [3.05, 3.63) is 24.2 Å². The highest BCUT2D eigenvalue weighted by molar-refractivity contribution is 5.79. The number of hydrogen-bond donors (Lipinski definition) is 1. The molecule has 0 aromatic carbocycles. The van der Waals surface area contributed by atoms with Gasteiger partial charge in [-0.1, -0.05) is 6.92 Å². The first-order valence-corrected chi connectivity index (χ1v) is 9.98. The zero-order valence-corrected chi connectivity index (χ0v) is 17.1. The summed E-state index contributed by atoms with van der Waals surface area (Å²) >= 11 is 0. The van der Waals surface area contributed by atoms with Gasteiger partial charge in [-0.3, -0.25) is 4.68 Å². The molecule has 0 bridgehead atoms. The molecule has 5 heterocycles. The fourth-order valence-corrected chi connectivity index (χ4v) is 3.87. The summed E-state index contributed by atoms with van der Waals surface area (Å²) in [5.41, 5.74) is 1.94. The second-order valence-electron chi connectivity index (χ2n) is 7.91. The SMILES string of the molecule is C[C@H]1OCC1Oc1nn(C)cc1Nc1ncc2cc(C#N)n([C@H]3COC[C@@H]3C)c2n1. The Hall–Kier alpha value is -3.16. The normalized spacial score (nSPS) is 25.8. The molecule has 0 aliphatic carbocycles. The molecule has 30 heavy (non-hydrogen) atoms. The molecule has 2 aliphatic heterocycles. The van der Waals surface area contributed by atoms with Crippen LogP contribution in [-0.4, -0.2) is 56.3 Å². The summed E-state index contributed by atoms with van der Waals surface area (Å²) in [6.07, 6.45) is 3.56. The second-order valence-corrected chi connectivity index (χ2v) is 7.91. The molecule has 4 atom stereocenters. The minimum absolute atomic E-state index is 0.0249. The Kier molecular flexibility index (Phi) is 4.56. The monoisotopic (exact) mass is 409 g/mol. The van der Waals surface area contributed by atoms with Gasteiger partial charge in [0.15, 0.2) is 0 Å². The molecule has 0 saturated carbocycles. The van der Waals surface area contributed by atoms with Crippen molar-refractivity contribution in [2.24, 2.45) is 13.0 Å². The molecule has 156 valence electrons. The molecule has 2 fully saturated rings. The fraction of sp³-hybridized carbons (Fsp3) is 0.500. The van der Waals surface area contributed by atoms with Crippen LogP contribution in [-0.2, 0) is 16.5 Å². The summed E-state index contributed by atoms with van der Waals surface area (Å²) in [4.78, 5) is 9.14. The summed E-state index contributed by atoms with van der Waals surface area (Å²) in [5.74, 6) is 1.19. The smallest absolute Gasteiger partial charge is 0.257 e. The van der Waals surface area contributed by atoms with Crippen LogP contribution in [0.4, 0.5) is 11.6 Å². The van der Waals surface area contributed by atoms with E-state index < -0.39 is 0 Å². The molecule has 10 heteroatoms. The van der Waals surface area contributed by atoms with Crippen LogP contribution in [0.5, 0.6) is 5.88 Å². The van der Waals surface area contributed by atoms with Crippen LogP contribution >= 0.6 is 0 Å². The van der Waals surface area contributed by atoms with Gasteiger partial charge in [-0.25, -0.2) is 4.98 Å². The molecular weight excluding hydrogens is 386 g/mol. The second kappa shape index (κ2) is 7.27. The highest BCUT2D eigenvalue weighted by atomic mass is 16.6. The Morgan fingerprint density at radius 1 is 1.30 bits per heavy atom. The van der Waals surface area contributed by atoms with E-state index in [4.69, 9.17) is 19.2 Å². The van der Waals surface area contributed by atoms with Crippen LogP contribution in [0, 0.1) is 17.2 Å². The lowest BCUT2D eigenvalue weighted by atomic mass is 10.1. The summed E-state index contributed by atoms with van der Waals surface area (Å²) in [5, 5.41) is 18.1. The third-order valence-corrected chi connectivity index (χ3v) is 5.70. The molecule has 5 rings (SSSR count). The van der Waals surface area contributed by atoms with Crippen LogP contribution in [0.15, 0.2) is 18.5 Å². The maximum atomic E-state index is 9.63. The molecule has 2 aliphatic rings. The lowest BCUT2D eigenvalue weighted by molar-refractivity contribution is -0.140. The fourth-order valence-electron chi connectivity index (χ4n) is 3.87. The van der Waals surface area contributed by atoms with Crippen molar-refractivity contribution in [3.8, 4) is 11.9 Å². The van der Waals surface area contributed by atoms with Gasteiger partial charge in [-0.05, 0) is 13.0 Å². The Bertz CT molecular complexity index is 1130. The minimum atomic E-state index is -0.0249. The van der Waals surface area contributed by atoms with Crippen LogP contribution in [0.1, 0.15) is 25.6 Å².